The number of carboxylic acids is 1. The highest BCUT2D eigenvalue weighted by Crippen LogP contribution is 2.12. The fraction of sp³-hybridized carbons (Fsp3) is 0.143. The lowest BCUT2D eigenvalue weighted by molar-refractivity contribution is 0.0694. The van der Waals surface area contributed by atoms with Gasteiger partial charge in [0.1, 0.15) is 5.56 Å². The number of aromatic hydroxyl groups is 1. The molecule has 0 aliphatic heterocycles. The van der Waals surface area contributed by atoms with Crippen molar-refractivity contribution in [1.29, 1.82) is 0 Å². The van der Waals surface area contributed by atoms with Crippen molar-refractivity contribution in [1.82, 2.24) is 4.57 Å². The Morgan fingerprint density at radius 2 is 2.05 bits per heavy atom. The molecule has 0 radical (unpaired) electrons. The highest BCUT2D eigenvalue weighted by Gasteiger charge is 2.13. The number of hydrogen-bond acceptors (Lipinski definition) is 3. The number of benzene rings is 1. The van der Waals surface area contributed by atoms with Gasteiger partial charge in [0, 0.05) is 24.0 Å². The van der Waals surface area contributed by atoms with Crippen molar-refractivity contribution in [3.8, 4) is 5.75 Å². The summed E-state index contributed by atoms with van der Waals surface area (Å²) in [6.07, 6.45) is 3.04. The maximum absolute atomic E-state index is 11.4. The van der Waals surface area contributed by atoms with Gasteiger partial charge in [0.05, 0.1) is 0 Å². The van der Waals surface area contributed by atoms with Crippen LogP contribution in [0.2, 0.25) is 5.02 Å². The average Bonchev–Trinajstić information content (AvgIpc) is 2.39. The minimum atomic E-state index is -1.36. The van der Waals surface area contributed by atoms with Gasteiger partial charge in [0.2, 0.25) is 5.43 Å². The fourth-order valence-corrected chi connectivity index (χ4v) is 2.06. The van der Waals surface area contributed by atoms with E-state index in [4.69, 9.17) is 16.7 Å². The molecular weight excluding hydrogens is 282 g/mol. The summed E-state index contributed by atoms with van der Waals surface area (Å²) in [5.41, 5.74) is -0.347. The van der Waals surface area contributed by atoms with Crippen molar-refractivity contribution in [2.75, 3.05) is 0 Å². The third-order valence-electron chi connectivity index (χ3n) is 2.84. The maximum atomic E-state index is 11.4. The molecule has 0 fully saturated rings. The van der Waals surface area contributed by atoms with Crippen LogP contribution >= 0.6 is 11.6 Å². The summed E-state index contributed by atoms with van der Waals surface area (Å²) in [4.78, 5) is 22.3. The second-order valence-electron chi connectivity index (χ2n) is 4.31. The smallest absolute Gasteiger partial charge is 0.341 e. The molecule has 104 valence electrons. The Bertz CT molecular complexity index is 709. The lowest BCUT2D eigenvalue weighted by atomic mass is 10.1. The Labute approximate surface area is 119 Å². The van der Waals surface area contributed by atoms with Crippen LogP contribution < -0.4 is 5.43 Å². The van der Waals surface area contributed by atoms with Crippen LogP contribution in [-0.2, 0) is 13.0 Å². The van der Waals surface area contributed by atoms with Crippen molar-refractivity contribution < 1.29 is 15.0 Å². The SMILES string of the molecule is O=C(O)c1cn(CCc2cccc(Cl)c2)cc(O)c1=O. The topological polar surface area (TPSA) is 79.5 Å². The van der Waals surface area contributed by atoms with Crippen LogP contribution in [0, 0.1) is 0 Å². The van der Waals surface area contributed by atoms with Gasteiger partial charge in [-0.3, -0.25) is 4.79 Å². The summed E-state index contributed by atoms with van der Waals surface area (Å²) >= 11 is 5.87. The number of carbonyl (C=O) groups is 1. The standard InChI is InChI=1S/C14H12ClNO4/c15-10-3-1-2-9(6-10)4-5-16-7-11(14(19)20)13(18)12(17)8-16/h1-3,6-8,17H,4-5H2,(H,19,20). The third-order valence-corrected chi connectivity index (χ3v) is 3.07. The zero-order valence-corrected chi connectivity index (χ0v) is 11.2. The number of aromatic nitrogens is 1. The monoisotopic (exact) mass is 293 g/mol. The molecule has 6 heteroatoms. The highest BCUT2D eigenvalue weighted by atomic mass is 35.5. The van der Waals surface area contributed by atoms with Crippen molar-refractivity contribution in [3.63, 3.8) is 0 Å². The Kier molecular flexibility index (Phi) is 4.10. The van der Waals surface area contributed by atoms with E-state index in [0.717, 1.165) is 5.56 Å². The molecule has 1 aromatic heterocycles. The number of pyridine rings is 1. The molecule has 0 spiro atoms. The summed E-state index contributed by atoms with van der Waals surface area (Å²) in [6.45, 7) is 0.425. The van der Waals surface area contributed by atoms with Gasteiger partial charge in [0.15, 0.2) is 5.75 Å². The zero-order chi connectivity index (χ0) is 14.7. The van der Waals surface area contributed by atoms with Gasteiger partial charge < -0.3 is 14.8 Å². The molecule has 20 heavy (non-hydrogen) atoms. The van der Waals surface area contributed by atoms with E-state index in [1.807, 2.05) is 18.2 Å². The number of nitrogens with zero attached hydrogens (tertiary/aromatic N) is 1. The Morgan fingerprint density at radius 3 is 2.70 bits per heavy atom. The van der Waals surface area contributed by atoms with Gasteiger partial charge in [-0.25, -0.2) is 4.79 Å². The lowest BCUT2D eigenvalue weighted by Gasteiger charge is -2.08. The molecular formula is C14H12ClNO4. The number of aryl methyl sites for hydroxylation is 2. The van der Waals surface area contributed by atoms with E-state index in [9.17, 15) is 14.7 Å². The van der Waals surface area contributed by atoms with Crippen LogP contribution in [0.1, 0.15) is 15.9 Å². The van der Waals surface area contributed by atoms with E-state index in [0.29, 0.717) is 18.0 Å². The molecule has 2 N–H and O–H groups in total. The molecule has 0 unspecified atom stereocenters. The summed E-state index contributed by atoms with van der Waals surface area (Å²) in [7, 11) is 0. The Balaban J connectivity index is 2.22. The molecule has 1 heterocycles. The van der Waals surface area contributed by atoms with E-state index < -0.39 is 22.7 Å². The molecule has 5 nitrogen and oxygen atoms in total. The van der Waals surface area contributed by atoms with Crippen LogP contribution in [0.25, 0.3) is 0 Å². The van der Waals surface area contributed by atoms with Gasteiger partial charge in [-0.1, -0.05) is 23.7 Å². The average molecular weight is 294 g/mol. The van der Waals surface area contributed by atoms with Crippen molar-refractivity contribution >= 4 is 17.6 Å². The molecule has 0 bridgehead atoms. The molecule has 0 saturated heterocycles. The van der Waals surface area contributed by atoms with Gasteiger partial charge in [-0.2, -0.15) is 0 Å². The van der Waals surface area contributed by atoms with E-state index in [1.165, 1.54) is 17.0 Å². The summed E-state index contributed by atoms with van der Waals surface area (Å²) < 4.78 is 1.47. The van der Waals surface area contributed by atoms with Crippen LogP contribution in [0.5, 0.6) is 5.75 Å². The molecule has 0 atom stereocenters. The van der Waals surface area contributed by atoms with Crippen LogP contribution in [0.4, 0.5) is 0 Å². The fourth-order valence-electron chi connectivity index (χ4n) is 1.85. The molecule has 0 saturated carbocycles. The molecule has 0 aliphatic carbocycles. The predicted octanol–water partition coefficient (Wildman–Crippen LogP) is 2.15. The Hall–Kier alpha value is -2.27. The van der Waals surface area contributed by atoms with Crippen LogP contribution in [-0.4, -0.2) is 20.7 Å². The van der Waals surface area contributed by atoms with Gasteiger partial charge >= 0.3 is 5.97 Å². The maximum Gasteiger partial charge on any atom is 0.341 e. The van der Waals surface area contributed by atoms with E-state index in [2.05, 4.69) is 0 Å². The highest BCUT2D eigenvalue weighted by molar-refractivity contribution is 6.30. The summed E-state index contributed by atoms with van der Waals surface area (Å²) in [6, 6.07) is 7.29. The second kappa shape index (κ2) is 5.79. The first-order valence-electron chi connectivity index (χ1n) is 5.88. The van der Waals surface area contributed by atoms with Crippen molar-refractivity contribution in [2.24, 2.45) is 0 Å². The second-order valence-corrected chi connectivity index (χ2v) is 4.75. The number of rotatable bonds is 4. The minimum Gasteiger partial charge on any atom is -0.503 e. The minimum absolute atomic E-state index is 0.425. The van der Waals surface area contributed by atoms with Gasteiger partial charge in [0.25, 0.3) is 0 Å². The summed E-state index contributed by atoms with van der Waals surface area (Å²) in [5, 5.41) is 19.0. The molecule has 0 amide bonds. The predicted molar refractivity (Wildman–Crippen MR) is 74.5 cm³/mol. The quantitative estimate of drug-likeness (QED) is 0.905. The number of carboxylic acid groups (broad SMARTS) is 1. The first-order chi connectivity index (χ1) is 9.47. The van der Waals surface area contributed by atoms with Crippen LogP contribution in [0.15, 0.2) is 41.5 Å². The summed E-state index contributed by atoms with van der Waals surface area (Å²) in [5.74, 6) is -1.93. The number of hydrogen-bond donors (Lipinski definition) is 2. The molecule has 2 aromatic rings. The zero-order valence-electron chi connectivity index (χ0n) is 10.4. The number of halogens is 1. The van der Waals surface area contributed by atoms with Crippen molar-refractivity contribution in [3.05, 3.63) is 63.0 Å². The molecule has 2 rings (SSSR count). The first-order valence-corrected chi connectivity index (χ1v) is 6.26. The van der Waals surface area contributed by atoms with E-state index in [-0.39, 0.29) is 0 Å². The third kappa shape index (κ3) is 3.19. The van der Waals surface area contributed by atoms with Crippen LogP contribution in [0.3, 0.4) is 0 Å². The van der Waals surface area contributed by atoms with E-state index >= 15 is 0 Å². The normalized spacial score (nSPS) is 10.4. The van der Waals surface area contributed by atoms with Gasteiger partial charge in [-0.05, 0) is 24.1 Å². The lowest BCUT2D eigenvalue weighted by Crippen LogP contribution is -2.17. The number of aromatic carboxylic acids is 1. The largest absolute Gasteiger partial charge is 0.503 e. The van der Waals surface area contributed by atoms with E-state index in [1.54, 1.807) is 6.07 Å². The van der Waals surface area contributed by atoms with Crippen molar-refractivity contribution in [2.45, 2.75) is 13.0 Å². The Morgan fingerprint density at radius 1 is 1.30 bits per heavy atom. The molecule has 0 aliphatic rings. The first kappa shape index (κ1) is 14.1. The molecule has 1 aromatic carbocycles. The van der Waals surface area contributed by atoms with Gasteiger partial charge in [-0.15, -0.1) is 0 Å².